The number of aromatic nitrogens is 1. The highest BCUT2D eigenvalue weighted by Gasteiger charge is 2.06. The number of unbranched alkanes of at least 4 members (excludes halogenated alkanes) is 1. The first-order valence-corrected chi connectivity index (χ1v) is 5.82. The van der Waals surface area contributed by atoms with E-state index in [1.807, 2.05) is 19.2 Å². The van der Waals surface area contributed by atoms with Gasteiger partial charge in [0, 0.05) is 23.0 Å². The van der Waals surface area contributed by atoms with E-state index in [0.29, 0.717) is 0 Å². The van der Waals surface area contributed by atoms with Crippen LogP contribution in [0.1, 0.15) is 41.4 Å². The Bertz CT molecular complexity index is 511. The molecule has 0 saturated carbocycles. The van der Waals surface area contributed by atoms with Gasteiger partial charge in [-0.25, -0.2) is 0 Å². The van der Waals surface area contributed by atoms with Gasteiger partial charge in [0.2, 0.25) is 0 Å². The van der Waals surface area contributed by atoms with E-state index in [1.54, 1.807) is 0 Å². The van der Waals surface area contributed by atoms with Crippen molar-refractivity contribution in [3.05, 3.63) is 41.2 Å². The third kappa shape index (κ3) is 1.75. The van der Waals surface area contributed by atoms with Crippen LogP contribution in [0.15, 0.2) is 24.4 Å². The van der Waals surface area contributed by atoms with E-state index >= 15 is 0 Å². The minimum Gasteiger partial charge on any atom is -0.321 e. The molecule has 0 N–H and O–H groups in total. The maximum absolute atomic E-state index is 10.8. The maximum atomic E-state index is 10.8. The fourth-order valence-corrected chi connectivity index (χ4v) is 2.09. The van der Waals surface area contributed by atoms with Gasteiger partial charge in [-0.2, -0.15) is 0 Å². The van der Waals surface area contributed by atoms with Crippen LogP contribution in [0.5, 0.6) is 0 Å². The molecule has 0 aliphatic rings. The molecule has 0 amide bonds. The standard InChI is InChI=1S/C14H17NO/c1-3-4-5-13-6-7-14-11(2)12(10-16)8-9-15(13)14/h6-10H,3-5H2,1-2H3. The minimum absolute atomic E-state index is 0.785. The second kappa shape index (κ2) is 4.52. The Hall–Kier alpha value is -1.57. The quantitative estimate of drug-likeness (QED) is 0.716. The summed E-state index contributed by atoms with van der Waals surface area (Å²) in [5.41, 5.74) is 4.33. The summed E-state index contributed by atoms with van der Waals surface area (Å²) in [5.74, 6) is 0. The van der Waals surface area contributed by atoms with Crippen LogP contribution < -0.4 is 0 Å². The molecule has 84 valence electrons. The van der Waals surface area contributed by atoms with Crippen molar-refractivity contribution in [2.24, 2.45) is 0 Å². The van der Waals surface area contributed by atoms with Crippen LogP contribution >= 0.6 is 0 Å². The van der Waals surface area contributed by atoms with Gasteiger partial charge in [0.1, 0.15) is 6.29 Å². The Morgan fingerprint density at radius 3 is 2.81 bits per heavy atom. The smallest absolute Gasteiger partial charge is 0.150 e. The molecule has 0 unspecified atom stereocenters. The lowest BCUT2D eigenvalue weighted by Crippen LogP contribution is -1.96. The van der Waals surface area contributed by atoms with E-state index in [9.17, 15) is 4.79 Å². The first-order chi connectivity index (χ1) is 7.77. The van der Waals surface area contributed by atoms with Gasteiger partial charge >= 0.3 is 0 Å². The third-order valence-electron chi connectivity index (χ3n) is 3.14. The van der Waals surface area contributed by atoms with Crippen LogP contribution in [-0.2, 0) is 6.42 Å². The number of hydrogen-bond donors (Lipinski definition) is 0. The molecular weight excluding hydrogens is 198 g/mol. The molecule has 0 aromatic carbocycles. The second-order valence-corrected chi connectivity index (χ2v) is 4.20. The normalized spacial score (nSPS) is 10.9. The van der Waals surface area contributed by atoms with Gasteiger partial charge in [-0.15, -0.1) is 0 Å². The molecule has 16 heavy (non-hydrogen) atoms. The Morgan fingerprint density at radius 2 is 2.12 bits per heavy atom. The van der Waals surface area contributed by atoms with E-state index < -0.39 is 0 Å². The average Bonchev–Trinajstić information content (AvgIpc) is 2.71. The van der Waals surface area contributed by atoms with Gasteiger partial charge in [-0.3, -0.25) is 4.79 Å². The molecule has 0 atom stereocenters. The molecule has 2 heterocycles. The zero-order valence-corrected chi connectivity index (χ0v) is 9.86. The molecule has 0 aliphatic carbocycles. The number of fused-ring (bicyclic) bond motifs is 1. The number of carbonyl (C=O) groups excluding carboxylic acids is 1. The predicted molar refractivity (Wildman–Crippen MR) is 66.1 cm³/mol. The van der Waals surface area contributed by atoms with Gasteiger partial charge in [-0.1, -0.05) is 13.3 Å². The largest absolute Gasteiger partial charge is 0.321 e. The fourth-order valence-electron chi connectivity index (χ4n) is 2.09. The molecule has 0 radical (unpaired) electrons. The summed E-state index contributed by atoms with van der Waals surface area (Å²) in [7, 11) is 0. The number of rotatable bonds is 4. The lowest BCUT2D eigenvalue weighted by atomic mass is 10.1. The Kier molecular flexibility index (Phi) is 3.09. The van der Waals surface area contributed by atoms with E-state index in [4.69, 9.17) is 0 Å². The first kappa shape index (κ1) is 10.9. The molecule has 2 rings (SSSR count). The number of aryl methyl sites for hydroxylation is 2. The van der Waals surface area contributed by atoms with Crippen molar-refractivity contribution in [1.29, 1.82) is 0 Å². The van der Waals surface area contributed by atoms with E-state index in [1.165, 1.54) is 18.5 Å². The second-order valence-electron chi connectivity index (χ2n) is 4.20. The highest BCUT2D eigenvalue weighted by molar-refractivity contribution is 5.81. The predicted octanol–water partition coefficient (Wildman–Crippen LogP) is 3.40. The van der Waals surface area contributed by atoms with Crippen LogP contribution in [0.4, 0.5) is 0 Å². The summed E-state index contributed by atoms with van der Waals surface area (Å²) in [5, 5.41) is 0. The van der Waals surface area contributed by atoms with E-state index in [0.717, 1.165) is 29.4 Å². The van der Waals surface area contributed by atoms with Crippen molar-refractivity contribution >= 4 is 11.8 Å². The lowest BCUT2D eigenvalue weighted by Gasteiger charge is -2.05. The number of pyridine rings is 1. The van der Waals surface area contributed by atoms with Crippen LogP contribution in [-0.4, -0.2) is 10.7 Å². The van der Waals surface area contributed by atoms with Gasteiger partial charge < -0.3 is 4.40 Å². The number of hydrogen-bond acceptors (Lipinski definition) is 1. The molecule has 0 saturated heterocycles. The fraction of sp³-hybridized carbons (Fsp3) is 0.357. The highest BCUT2D eigenvalue weighted by atomic mass is 16.1. The molecule has 2 nitrogen and oxygen atoms in total. The topological polar surface area (TPSA) is 21.5 Å². The average molecular weight is 215 g/mol. The van der Waals surface area contributed by atoms with Crippen LogP contribution in [0.2, 0.25) is 0 Å². The lowest BCUT2D eigenvalue weighted by molar-refractivity contribution is 0.112. The molecule has 0 fully saturated rings. The summed E-state index contributed by atoms with van der Waals surface area (Å²) in [6.45, 7) is 4.20. The third-order valence-corrected chi connectivity index (χ3v) is 3.14. The number of aldehydes is 1. The number of nitrogens with zero attached hydrogens (tertiary/aromatic N) is 1. The van der Waals surface area contributed by atoms with Crippen LogP contribution in [0.3, 0.4) is 0 Å². The van der Waals surface area contributed by atoms with E-state index in [-0.39, 0.29) is 0 Å². The summed E-state index contributed by atoms with van der Waals surface area (Å²) in [6, 6.07) is 6.16. The van der Waals surface area contributed by atoms with Crippen LogP contribution in [0.25, 0.3) is 5.52 Å². The summed E-state index contributed by atoms with van der Waals surface area (Å²) in [4.78, 5) is 10.8. The van der Waals surface area contributed by atoms with Gasteiger partial charge in [-0.05, 0) is 43.5 Å². The van der Waals surface area contributed by atoms with Crippen molar-refractivity contribution in [3.8, 4) is 0 Å². The molecule has 2 aromatic heterocycles. The molecule has 0 bridgehead atoms. The highest BCUT2D eigenvalue weighted by Crippen LogP contribution is 2.18. The Morgan fingerprint density at radius 1 is 1.31 bits per heavy atom. The van der Waals surface area contributed by atoms with Crippen molar-refractivity contribution < 1.29 is 4.79 Å². The van der Waals surface area contributed by atoms with Crippen molar-refractivity contribution in [1.82, 2.24) is 4.40 Å². The zero-order chi connectivity index (χ0) is 11.5. The van der Waals surface area contributed by atoms with Crippen molar-refractivity contribution in [2.45, 2.75) is 33.1 Å². The molecule has 0 aliphatic heterocycles. The van der Waals surface area contributed by atoms with E-state index in [2.05, 4.69) is 23.5 Å². The Balaban J connectivity index is 2.49. The van der Waals surface area contributed by atoms with Crippen molar-refractivity contribution in [3.63, 3.8) is 0 Å². The van der Waals surface area contributed by atoms with Crippen molar-refractivity contribution in [2.75, 3.05) is 0 Å². The van der Waals surface area contributed by atoms with Gasteiger partial charge in [0.25, 0.3) is 0 Å². The molecular formula is C14H17NO. The SMILES string of the molecule is CCCCc1ccc2c(C)c(C=O)ccn12. The minimum atomic E-state index is 0.785. The first-order valence-electron chi connectivity index (χ1n) is 5.82. The van der Waals surface area contributed by atoms with Gasteiger partial charge in [0.05, 0.1) is 0 Å². The molecule has 2 heteroatoms. The zero-order valence-electron chi connectivity index (χ0n) is 9.86. The summed E-state index contributed by atoms with van der Waals surface area (Å²) >= 11 is 0. The summed E-state index contributed by atoms with van der Waals surface area (Å²) < 4.78 is 2.19. The summed E-state index contributed by atoms with van der Waals surface area (Å²) in [6.07, 6.45) is 6.44. The number of carbonyl (C=O) groups is 1. The van der Waals surface area contributed by atoms with Gasteiger partial charge in [0.15, 0.2) is 0 Å². The maximum Gasteiger partial charge on any atom is 0.150 e. The Labute approximate surface area is 95.9 Å². The molecule has 2 aromatic rings. The van der Waals surface area contributed by atoms with Crippen LogP contribution in [0, 0.1) is 6.92 Å². The monoisotopic (exact) mass is 215 g/mol. The molecule has 0 spiro atoms.